The molecule has 0 saturated carbocycles. The van der Waals surface area contributed by atoms with Crippen LogP contribution in [0.5, 0.6) is 0 Å². The summed E-state index contributed by atoms with van der Waals surface area (Å²) in [4.78, 5) is 20.8. The third-order valence-electron chi connectivity index (χ3n) is 3.56. The average molecular weight is 322 g/mol. The van der Waals surface area contributed by atoms with Crippen LogP contribution in [-0.2, 0) is 22.6 Å². The smallest absolute Gasteiger partial charge is 0.199 e. The van der Waals surface area contributed by atoms with Crippen molar-refractivity contribution in [3.05, 3.63) is 66.1 Å². The minimum atomic E-state index is -0.506. The lowest BCUT2D eigenvalue weighted by atomic mass is 10.2. The van der Waals surface area contributed by atoms with Crippen LogP contribution < -0.4 is 0 Å². The number of hydrogen-bond acceptors (Lipinski definition) is 5. The van der Waals surface area contributed by atoms with E-state index < -0.39 is 6.10 Å². The number of hydrogen-bond donors (Lipinski definition) is 1. The number of carbonyl (C=O) groups excluding carboxylic acids is 1. The molecule has 0 amide bonds. The molecule has 2 aromatic heterocycles. The largest absolute Gasteiger partial charge is 0.366 e. The Hall–Kier alpha value is -2.86. The monoisotopic (exact) mass is 322 g/mol. The Morgan fingerprint density at radius 1 is 1.17 bits per heavy atom. The van der Waals surface area contributed by atoms with Crippen LogP contribution in [0.25, 0.3) is 11.5 Å². The highest BCUT2D eigenvalue weighted by molar-refractivity contribution is 5.84. The van der Waals surface area contributed by atoms with Crippen LogP contribution >= 0.6 is 0 Å². The molecule has 1 unspecified atom stereocenters. The number of Topliss-reactive ketones (excluding diaryl/α,β-unsaturated/α-hetero) is 1. The topological polar surface area (TPSA) is 80.8 Å². The lowest BCUT2D eigenvalue weighted by Gasteiger charge is -2.11. The molecular weight excluding hydrogens is 304 g/mol. The van der Waals surface area contributed by atoms with Crippen LogP contribution in [-0.4, -0.2) is 32.1 Å². The van der Waals surface area contributed by atoms with Crippen LogP contribution in [0.1, 0.15) is 18.3 Å². The van der Waals surface area contributed by atoms with Gasteiger partial charge in [-0.3, -0.25) is 14.9 Å². The highest BCUT2D eigenvalue weighted by Crippen LogP contribution is 2.11. The predicted molar refractivity (Wildman–Crippen MR) is 89.0 cm³/mol. The molecule has 3 rings (SSSR count). The molecule has 0 spiro atoms. The average Bonchev–Trinajstić information content (AvgIpc) is 3.10. The second kappa shape index (κ2) is 7.61. The van der Waals surface area contributed by atoms with E-state index in [-0.39, 0.29) is 12.2 Å². The highest BCUT2D eigenvalue weighted by atomic mass is 16.5. The van der Waals surface area contributed by atoms with Gasteiger partial charge in [0.15, 0.2) is 11.6 Å². The summed E-state index contributed by atoms with van der Waals surface area (Å²) in [6, 6.07) is 15.3. The van der Waals surface area contributed by atoms with E-state index in [2.05, 4.69) is 20.2 Å². The van der Waals surface area contributed by atoms with Crippen LogP contribution in [0, 0.1) is 0 Å². The van der Waals surface area contributed by atoms with Gasteiger partial charge in [-0.25, -0.2) is 4.98 Å². The molecule has 122 valence electrons. The summed E-state index contributed by atoms with van der Waals surface area (Å²) in [5, 5.41) is 6.89. The zero-order valence-electron chi connectivity index (χ0n) is 13.3. The van der Waals surface area contributed by atoms with Crippen molar-refractivity contribution in [2.45, 2.75) is 26.1 Å². The number of nitrogens with one attached hydrogen (secondary N) is 1. The van der Waals surface area contributed by atoms with Gasteiger partial charge in [0.2, 0.25) is 0 Å². The van der Waals surface area contributed by atoms with Crippen LogP contribution in [0.4, 0.5) is 0 Å². The van der Waals surface area contributed by atoms with Gasteiger partial charge in [0, 0.05) is 6.20 Å². The lowest BCUT2D eigenvalue weighted by molar-refractivity contribution is -0.129. The number of ether oxygens (including phenoxy) is 1. The minimum Gasteiger partial charge on any atom is -0.366 e. The van der Waals surface area contributed by atoms with E-state index in [0.717, 1.165) is 5.56 Å². The van der Waals surface area contributed by atoms with Crippen molar-refractivity contribution < 1.29 is 9.53 Å². The molecule has 1 aromatic carbocycles. The second-order valence-corrected chi connectivity index (χ2v) is 5.40. The Bertz CT molecular complexity index is 787. The summed E-state index contributed by atoms with van der Waals surface area (Å²) in [5.41, 5.74) is 1.70. The van der Waals surface area contributed by atoms with Crippen LogP contribution in [0.2, 0.25) is 0 Å². The number of H-pyrrole nitrogens is 1. The molecule has 0 aliphatic rings. The van der Waals surface area contributed by atoms with Gasteiger partial charge in [-0.05, 0) is 24.6 Å². The molecule has 0 fully saturated rings. The van der Waals surface area contributed by atoms with Gasteiger partial charge in [0.25, 0.3) is 0 Å². The Morgan fingerprint density at radius 3 is 2.71 bits per heavy atom. The van der Waals surface area contributed by atoms with Gasteiger partial charge in [-0.15, -0.1) is 0 Å². The third-order valence-corrected chi connectivity index (χ3v) is 3.56. The van der Waals surface area contributed by atoms with E-state index in [1.807, 2.05) is 48.5 Å². The molecule has 3 aromatic rings. The molecule has 6 nitrogen and oxygen atoms in total. The van der Waals surface area contributed by atoms with Crippen molar-refractivity contribution in [2.75, 3.05) is 0 Å². The highest BCUT2D eigenvalue weighted by Gasteiger charge is 2.17. The normalized spacial score (nSPS) is 12.0. The first-order valence-corrected chi connectivity index (χ1v) is 7.73. The molecule has 0 saturated heterocycles. The molecule has 0 bridgehead atoms. The molecule has 1 N–H and O–H groups in total. The van der Waals surface area contributed by atoms with Gasteiger partial charge in [-0.1, -0.05) is 36.4 Å². The Balaban J connectivity index is 1.55. The number of aromatic amines is 1. The fraction of sp³-hybridized carbons (Fsp3) is 0.222. The minimum absolute atomic E-state index is 0.0466. The number of benzene rings is 1. The summed E-state index contributed by atoms with van der Waals surface area (Å²) in [6.07, 6.45) is 1.32. The quantitative estimate of drug-likeness (QED) is 0.723. The molecular formula is C18H18N4O2. The third kappa shape index (κ3) is 4.11. The molecule has 0 aliphatic carbocycles. The standard InChI is InChI=1S/C18H18N4O2/c1-13(24-12-14-7-3-2-4-8-14)16(23)11-17-20-18(22-21-17)15-9-5-6-10-19-15/h2-10,13H,11-12H2,1H3,(H,20,21,22). The predicted octanol–water partition coefficient (Wildman–Crippen LogP) is 2.58. The Morgan fingerprint density at radius 2 is 1.96 bits per heavy atom. The number of carbonyl (C=O) groups is 1. The Labute approximate surface area is 139 Å². The zero-order chi connectivity index (χ0) is 16.8. The van der Waals surface area contributed by atoms with Crippen molar-refractivity contribution in [1.29, 1.82) is 0 Å². The van der Waals surface area contributed by atoms with E-state index in [0.29, 0.717) is 23.9 Å². The van der Waals surface area contributed by atoms with Crippen molar-refractivity contribution in [3.8, 4) is 11.5 Å². The van der Waals surface area contributed by atoms with E-state index in [4.69, 9.17) is 4.74 Å². The van der Waals surface area contributed by atoms with Crippen molar-refractivity contribution in [1.82, 2.24) is 20.2 Å². The fourth-order valence-corrected chi connectivity index (χ4v) is 2.18. The van der Waals surface area contributed by atoms with Crippen molar-refractivity contribution in [2.24, 2.45) is 0 Å². The number of ketones is 1. The first-order valence-electron chi connectivity index (χ1n) is 7.73. The zero-order valence-corrected chi connectivity index (χ0v) is 13.3. The first kappa shape index (κ1) is 16.0. The summed E-state index contributed by atoms with van der Waals surface area (Å²) in [6.45, 7) is 2.16. The molecule has 1 atom stereocenters. The van der Waals surface area contributed by atoms with Gasteiger partial charge >= 0.3 is 0 Å². The maximum absolute atomic E-state index is 12.3. The molecule has 2 heterocycles. The summed E-state index contributed by atoms with van der Waals surface area (Å²) >= 11 is 0. The van der Waals surface area contributed by atoms with E-state index >= 15 is 0 Å². The Kier molecular flexibility index (Phi) is 5.08. The first-order chi connectivity index (χ1) is 11.7. The molecule has 24 heavy (non-hydrogen) atoms. The number of aromatic nitrogens is 4. The van der Waals surface area contributed by atoms with Gasteiger partial charge < -0.3 is 4.74 Å². The summed E-state index contributed by atoms with van der Waals surface area (Å²) in [7, 11) is 0. The van der Waals surface area contributed by atoms with E-state index in [1.54, 1.807) is 13.1 Å². The maximum Gasteiger partial charge on any atom is 0.199 e. The van der Waals surface area contributed by atoms with Gasteiger partial charge in [0.05, 0.1) is 13.0 Å². The van der Waals surface area contributed by atoms with Crippen molar-refractivity contribution >= 4 is 5.78 Å². The molecule has 6 heteroatoms. The van der Waals surface area contributed by atoms with Crippen molar-refractivity contribution in [3.63, 3.8) is 0 Å². The van der Waals surface area contributed by atoms with E-state index in [9.17, 15) is 4.79 Å². The van der Waals surface area contributed by atoms with E-state index in [1.165, 1.54) is 0 Å². The molecule has 0 radical (unpaired) electrons. The second-order valence-electron chi connectivity index (χ2n) is 5.40. The van der Waals surface area contributed by atoms with Gasteiger partial charge in [-0.2, -0.15) is 5.10 Å². The maximum atomic E-state index is 12.3. The number of pyridine rings is 1. The number of rotatable bonds is 7. The SMILES string of the molecule is CC(OCc1ccccc1)C(=O)Cc1nc(-c2ccccn2)n[nH]1. The fourth-order valence-electron chi connectivity index (χ4n) is 2.18. The summed E-state index contributed by atoms with van der Waals surface area (Å²) < 4.78 is 5.63. The van der Waals surface area contributed by atoms with Crippen LogP contribution in [0.3, 0.4) is 0 Å². The molecule has 0 aliphatic heterocycles. The van der Waals surface area contributed by atoms with Gasteiger partial charge in [0.1, 0.15) is 17.6 Å². The summed E-state index contributed by atoms with van der Waals surface area (Å²) in [5.74, 6) is 0.946. The lowest BCUT2D eigenvalue weighted by Crippen LogP contribution is -2.23. The number of nitrogens with zero attached hydrogens (tertiary/aromatic N) is 3. The van der Waals surface area contributed by atoms with Crippen LogP contribution in [0.15, 0.2) is 54.7 Å².